The summed E-state index contributed by atoms with van der Waals surface area (Å²) >= 11 is 0. The molecule has 0 amide bonds. The minimum atomic E-state index is -1.31. The molecule has 0 aromatic carbocycles. The fraction of sp³-hybridized carbons (Fsp3) is 1.00. The molecule has 0 aromatic rings. The highest BCUT2D eigenvalue weighted by atomic mass is 31.0. The van der Waals surface area contributed by atoms with E-state index in [4.69, 9.17) is 14.7 Å². The van der Waals surface area contributed by atoms with Crippen LogP contribution in [0.3, 0.4) is 0 Å². The molecule has 0 saturated heterocycles. The summed E-state index contributed by atoms with van der Waals surface area (Å²) in [5, 5.41) is 20.7. The zero-order chi connectivity index (χ0) is 8.48. The predicted octanol–water partition coefficient (Wildman–Crippen LogP) is -0.758. The van der Waals surface area contributed by atoms with Crippen LogP contribution in [0.4, 0.5) is 0 Å². The van der Waals surface area contributed by atoms with Crippen molar-refractivity contribution in [3.05, 3.63) is 0 Å². The second-order valence-electron chi connectivity index (χ2n) is 2.79. The molecule has 3 N–H and O–H groups in total. The van der Waals surface area contributed by atoms with Crippen LogP contribution in [-0.2, 0) is 4.52 Å². The van der Waals surface area contributed by atoms with Gasteiger partial charge in [-0.2, -0.15) is 0 Å². The topological polar surface area (TPSA) is 61.7 Å². The van der Waals surface area contributed by atoms with Gasteiger partial charge in [-0.25, -0.2) is 0 Å². The van der Waals surface area contributed by atoms with Crippen LogP contribution in [0.1, 0.15) is 6.42 Å². The average Bonchev–Trinajstić information content (AvgIpc) is 2.65. The second kappa shape index (κ2) is 3.61. The molecule has 0 aliphatic heterocycles. The fourth-order valence-electron chi connectivity index (χ4n) is 1.24. The number of nitrogens with one attached hydrogen (secondary N) is 1. The van der Waals surface area contributed by atoms with Gasteiger partial charge in [0.25, 0.3) is 0 Å². The molecule has 1 aliphatic carbocycles. The maximum Gasteiger partial charge on any atom is 0.170 e. The number of rotatable bonds is 4. The molecule has 0 spiro atoms. The third-order valence-corrected chi connectivity index (χ3v) is 2.91. The maximum absolute atomic E-state index is 8.96. The van der Waals surface area contributed by atoms with E-state index in [2.05, 4.69) is 23.9 Å². The first kappa shape index (κ1) is 9.79. The van der Waals surface area contributed by atoms with Crippen LogP contribution in [0.5, 0.6) is 0 Å². The van der Waals surface area contributed by atoms with Gasteiger partial charge in [-0.15, -0.1) is 0 Å². The number of hydrogen-bond acceptors (Lipinski definition) is 4. The van der Waals surface area contributed by atoms with Crippen LogP contribution in [0, 0.1) is 5.92 Å². The summed E-state index contributed by atoms with van der Waals surface area (Å²) in [4.78, 5) is 0. The molecule has 4 atom stereocenters. The van der Waals surface area contributed by atoms with Crippen molar-refractivity contribution < 1.29 is 14.7 Å². The molecule has 4 nitrogen and oxygen atoms in total. The van der Waals surface area contributed by atoms with E-state index in [1.165, 1.54) is 0 Å². The molecule has 66 valence electrons. The van der Waals surface area contributed by atoms with Crippen LogP contribution in [-0.4, -0.2) is 28.6 Å². The Morgan fingerprint density at radius 2 is 2.36 bits per heavy atom. The highest BCUT2D eigenvalue weighted by Gasteiger charge is 2.58. The molecule has 11 heavy (non-hydrogen) atoms. The van der Waals surface area contributed by atoms with Gasteiger partial charge >= 0.3 is 0 Å². The smallest absolute Gasteiger partial charge is 0.170 e. The van der Waals surface area contributed by atoms with E-state index in [1.54, 1.807) is 0 Å². The monoisotopic (exact) mass is 197 g/mol. The molecule has 1 rings (SSSR count). The molecule has 0 radical (unpaired) electrons. The first-order valence-corrected chi connectivity index (χ1v) is 4.38. The van der Waals surface area contributed by atoms with E-state index in [9.17, 15) is 0 Å². The quantitative estimate of drug-likeness (QED) is 0.409. The lowest BCUT2D eigenvalue weighted by molar-refractivity contribution is -0.0754. The summed E-state index contributed by atoms with van der Waals surface area (Å²) in [5.41, 5.74) is -0.554. The van der Waals surface area contributed by atoms with Crippen molar-refractivity contribution in [1.29, 1.82) is 0 Å². The number of aliphatic hydroxyl groups is 2. The molecule has 0 aromatic heterocycles. The molecular formula is C5H13NO3P2. The van der Waals surface area contributed by atoms with E-state index in [0.29, 0.717) is 6.61 Å². The molecule has 0 heterocycles. The summed E-state index contributed by atoms with van der Waals surface area (Å²) in [7, 11) is 4.44. The highest BCUT2D eigenvalue weighted by molar-refractivity contribution is 7.13. The van der Waals surface area contributed by atoms with Crippen LogP contribution in [0.15, 0.2) is 0 Å². The van der Waals surface area contributed by atoms with E-state index in [-0.39, 0.29) is 5.92 Å². The zero-order valence-corrected chi connectivity index (χ0v) is 8.34. The van der Waals surface area contributed by atoms with Gasteiger partial charge in [-0.1, -0.05) is 9.39 Å². The maximum atomic E-state index is 8.96. The van der Waals surface area contributed by atoms with Crippen molar-refractivity contribution in [3.63, 3.8) is 0 Å². The molecule has 6 heteroatoms. The summed E-state index contributed by atoms with van der Waals surface area (Å²) in [5.74, 6) is 0.192. The van der Waals surface area contributed by atoms with Gasteiger partial charge in [0.2, 0.25) is 0 Å². The minimum Gasteiger partial charge on any atom is -0.367 e. The van der Waals surface area contributed by atoms with Crippen molar-refractivity contribution >= 4 is 18.9 Å². The summed E-state index contributed by atoms with van der Waals surface area (Å²) in [6, 6.07) is 0. The summed E-state index contributed by atoms with van der Waals surface area (Å²) in [6.07, 6.45) is -0.576. The minimum absolute atomic E-state index is 0.192. The van der Waals surface area contributed by atoms with Crippen LogP contribution in [0.25, 0.3) is 0 Å². The van der Waals surface area contributed by atoms with Crippen molar-refractivity contribution in [2.75, 3.05) is 6.61 Å². The summed E-state index contributed by atoms with van der Waals surface area (Å²) < 4.78 is 4.82. The lowest BCUT2D eigenvalue weighted by Crippen LogP contribution is -2.39. The first-order valence-electron chi connectivity index (χ1n) is 3.33. The van der Waals surface area contributed by atoms with Gasteiger partial charge in [-0.3, -0.25) is 5.09 Å². The molecular weight excluding hydrogens is 184 g/mol. The standard InChI is InChI=1S/C5H13NO3P2/c7-4(8)5(6-10)1-3(5)2-9-11/h3-4,6-8H,1-2,10-11H2/t3-,5+/m1/s1. The third kappa shape index (κ3) is 1.72. The van der Waals surface area contributed by atoms with Gasteiger partial charge in [0.05, 0.1) is 12.1 Å². The largest absolute Gasteiger partial charge is 0.367 e. The van der Waals surface area contributed by atoms with Crippen LogP contribution >= 0.6 is 18.9 Å². The van der Waals surface area contributed by atoms with E-state index >= 15 is 0 Å². The van der Waals surface area contributed by atoms with Crippen molar-refractivity contribution in [2.24, 2.45) is 5.92 Å². The number of aliphatic hydroxyl groups excluding tert-OH is 1. The summed E-state index contributed by atoms with van der Waals surface area (Å²) in [6.45, 7) is 0.531. The van der Waals surface area contributed by atoms with Crippen LogP contribution < -0.4 is 5.09 Å². The van der Waals surface area contributed by atoms with Gasteiger partial charge in [-0.05, 0) is 6.42 Å². The Labute approximate surface area is 70.2 Å². The normalized spacial score (nSPS) is 36.3. The molecule has 1 aliphatic rings. The molecule has 1 fully saturated rings. The van der Waals surface area contributed by atoms with Crippen LogP contribution in [0.2, 0.25) is 0 Å². The Morgan fingerprint density at radius 1 is 1.73 bits per heavy atom. The molecule has 2 unspecified atom stereocenters. The Balaban J connectivity index is 2.43. The van der Waals surface area contributed by atoms with Crippen molar-refractivity contribution in [3.8, 4) is 0 Å². The highest BCUT2D eigenvalue weighted by Crippen LogP contribution is 2.46. The Bertz CT molecular complexity index is 146. The van der Waals surface area contributed by atoms with Crippen molar-refractivity contribution in [2.45, 2.75) is 18.2 Å². The van der Waals surface area contributed by atoms with E-state index < -0.39 is 11.8 Å². The predicted molar refractivity (Wildman–Crippen MR) is 47.6 cm³/mol. The average molecular weight is 197 g/mol. The first-order chi connectivity index (χ1) is 5.17. The second-order valence-corrected chi connectivity index (χ2v) is 3.41. The zero-order valence-electron chi connectivity index (χ0n) is 6.03. The van der Waals surface area contributed by atoms with E-state index in [0.717, 1.165) is 6.42 Å². The Morgan fingerprint density at radius 3 is 2.64 bits per heavy atom. The van der Waals surface area contributed by atoms with Gasteiger partial charge in [0.1, 0.15) is 0 Å². The molecule has 0 bridgehead atoms. The fourth-order valence-corrected chi connectivity index (χ4v) is 1.98. The van der Waals surface area contributed by atoms with Gasteiger partial charge in [0.15, 0.2) is 6.29 Å². The van der Waals surface area contributed by atoms with Gasteiger partial charge in [0, 0.05) is 15.4 Å². The van der Waals surface area contributed by atoms with Crippen molar-refractivity contribution in [1.82, 2.24) is 5.09 Å². The number of hydrogen-bond donors (Lipinski definition) is 3. The molecule has 1 saturated carbocycles. The third-order valence-electron chi connectivity index (χ3n) is 2.18. The Kier molecular flexibility index (Phi) is 3.21. The Hall–Kier alpha value is 0.700. The SMILES string of the molecule is OC(O)[C@]1(NP)C[C@@H]1COP. The lowest BCUT2D eigenvalue weighted by atomic mass is 10.2. The lowest BCUT2D eigenvalue weighted by Gasteiger charge is -2.17. The van der Waals surface area contributed by atoms with Gasteiger partial charge < -0.3 is 14.7 Å². The van der Waals surface area contributed by atoms with E-state index in [1.807, 2.05) is 0 Å².